The Balaban J connectivity index is 1.68. The first-order chi connectivity index (χ1) is 13.1. The van der Waals surface area contributed by atoms with Crippen molar-refractivity contribution in [3.05, 3.63) is 70.8 Å². The van der Waals surface area contributed by atoms with Gasteiger partial charge in [0.05, 0.1) is 5.54 Å². The number of nitrogens with one attached hydrogen (secondary N) is 1. The van der Waals surface area contributed by atoms with Gasteiger partial charge in [-0.3, -0.25) is 4.99 Å². The van der Waals surface area contributed by atoms with Gasteiger partial charge in [-0.25, -0.2) is 0 Å². The molecule has 1 aliphatic carbocycles. The molecule has 2 aromatic rings. The van der Waals surface area contributed by atoms with E-state index in [1.165, 1.54) is 47.2 Å². The molecule has 1 fully saturated rings. The van der Waals surface area contributed by atoms with Gasteiger partial charge in [-0.1, -0.05) is 62.4 Å². The number of hydrogen-bond donors (Lipinski definition) is 1. The molecule has 0 amide bonds. The van der Waals surface area contributed by atoms with Crippen molar-refractivity contribution in [3.63, 3.8) is 0 Å². The molecule has 2 nitrogen and oxygen atoms in total. The van der Waals surface area contributed by atoms with Crippen LogP contribution in [0.25, 0.3) is 0 Å². The minimum absolute atomic E-state index is 0.0354. The lowest BCUT2D eigenvalue weighted by molar-refractivity contribution is 0.0931. The van der Waals surface area contributed by atoms with E-state index in [2.05, 4.69) is 67.7 Å². The Morgan fingerprint density at radius 2 is 1.70 bits per heavy atom. The van der Waals surface area contributed by atoms with Crippen LogP contribution in [0.2, 0.25) is 0 Å². The molecule has 0 bridgehead atoms. The maximum atomic E-state index is 5.16. The fourth-order valence-corrected chi connectivity index (χ4v) is 5.76. The van der Waals surface area contributed by atoms with E-state index in [1.54, 1.807) is 0 Å². The minimum Gasteiger partial charge on any atom is -0.306 e. The molecule has 0 radical (unpaired) electrons. The van der Waals surface area contributed by atoms with E-state index in [-0.39, 0.29) is 5.54 Å². The molecule has 2 heterocycles. The van der Waals surface area contributed by atoms with Crippen LogP contribution < -0.4 is 5.32 Å². The van der Waals surface area contributed by atoms with Gasteiger partial charge >= 0.3 is 0 Å². The van der Waals surface area contributed by atoms with Crippen LogP contribution in [0.1, 0.15) is 55.4 Å². The van der Waals surface area contributed by atoms with E-state index >= 15 is 0 Å². The van der Waals surface area contributed by atoms with Gasteiger partial charge in [-0.05, 0) is 59.8 Å². The van der Waals surface area contributed by atoms with E-state index in [4.69, 9.17) is 4.99 Å². The monoisotopic (exact) mass is 358 g/mol. The van der Waals surface area contributed by atoms with Crippen molar-refractivity contribution in [2.75, 3.05) is 13.1 Å². The molecular weight excluding hydrogens is 328 g/mol. The highest BCUT2D eigenvalue weighted by molar-refractivity contribution is 6.05. The summed E-state index contributed by atoms with van der Waals surface area (Å²) in [5.74, 6) is 0.434. The average molecular weight is 359 g/mol. The SMILES string of the molecule is CC1(C)CCC2(NCCc3ccccc32)C(C2=NCCc3ccccc32)C1. The van der Waals surface area contributed by atoms with Crippen LogP contribution in [0.4, 0.5) is 0 Å². The fraction of sp³-hybridized carbons (Fsp3) is 0.480. The summed E-state index contributed by atoms with van der Waals surface area (Å²) in [7, 11) is 0. The molecule has 2 aliphatic heterocycles. The van der Waals surface area contributed by atoms with Crippen LogP contribution >= 0.6 is 0 Å². The van der Waals surface area contributed by atoms with Gasteiger partial charge in [0.2, 0.25) is 0 Å². The predicted octanol–water partition coefficient (Wildman–Crippen LogP) is 4.90. The smallest absolute Gasteiger partial charge is 0.0522 e. The van der Waals surface area contributed by atoms with Crippen LogP contribution in [-0.2, 0) is 18.4 Å². The summed E-state index contributed by atoms with van der Waals surface area (Å²) in [5, 5.41) is 4.03. The van der Waals surface area contributed by atoms with E-state index in [0.717, 1.165) is 25.9 Å². The Morgan fingerprint density at radius 1 is 0.926 bits per heavy atom. The third-order valence-electron chi connectivity index (χ3n) is 7.17. The Morgan fingerprint density at radius 3 is 2.59 bits per heavy atom. The Kier molecular flexibility index (Phi) is 4.01. The summed E-state index contributed by atoms with van der Waals surface area (Å²) in [6.45, 7) is 6.89. The molecule has 0 aromatic heterocycles. The van der Waals surface area contributed by atoms with E-state index in [9.17, 15) is 0 Å². The van der Waals surface area contributed by atoms with Gasteiger partial charge in [0, 0.05) is 24.7 Å². The molecule has 140 valence electrons. The highest BCUT2D eigenvalue weighted by Crippen LogP contribution is 2.52. The van der Waals surface area contributed by atoms with Crippen LogP contribution in [0.5, 0.6) is 0 Å². The number of nitrogens with zero attached hydrogens (tertiary/aromatic N) is 1. The van der Waals surface area contributed by atoms with Crippen molar-refractivity contribution in [2.45, 2.75) is 51.5 Å². The lowest BCUT2D eigenvalue weighted by Gasteiger charge is -2.53. The molecular formula is C25H30N2. The van der Waals surface area contributed by atoms with Gasteiger partial charge in [-0.15, -0.1) is 0 Å². The number of rotatable bonds is 1. The Bertz CT molecular complexity index is 895. The zero-order valence-corrected chi connectivity index (χ0v) is 16.6. The zero-order chi connectivity index (χ0) is 18.5. The summed E-state index contributed by atoms with van der Waals surface area (Å²) in [6, 6.07) is 18.1. The number of aliphatic imine (C=N–C) groups is 1. The lowest BCUT2D eigenvalue weighted by Crippen LogP contribution is -2.58. The van der Waals surface area contributed by atoms with Crippen LogP contribution in [0, 0.1) is 11.3 Å². The van der Waals surface area contributed by atoms with E-state index < -0.39 is 0 Å². The minimum atomic E-state index is 0.0354. The van der Waals surface area contributed by atoms with Gasteiger partial charge in [0.25, 0.3) is 0 Å². The predicted molar refractivity (Wildman–Crippen MR) is 112 cm³/mol. The first kappa shape index (κ1) is 17.2. The number of benzene rings is 2. The summed E-state index contributed by atoms with van der Waals surface area (Å²) >= 11 is 0. The maximum Gasteiger partial charge on any atom is 0.0522 e. The molecule has 2 heteroatoms. The molecule has 3 aliphatic rings. The van der Waals surface area contributed by atoms with Gasteiger partial charge in [0.15, 0.2) is 0 Å². The van der Waals surface area contributed by atoms with E-state index in [1.807, 2.05) is 0 Å². The topological polar surface area (TPSA) is 24.4 Å². The van der Waals surface area contributed by atoms with Crippen molar-refractivity contribution >= 4 is 5.71 Å². The molecule has 1 N–H and O–H groups in total. The normalized spacial score (nSPS) is 29.0. The molecule has 0 saturated heterocycles. The molecule has 2 aromatic carbocycles. The molecule has 27 heavy (non-hydrogen) atoms. The van der Waals surface area contributed by atoms with Crippen LogP contribution in [0.15, 0.2) is 53.5 Å². The second-order valence-corrected chi connectivity index (χ2v) is 9.40. The largest absolute Gasteiger partial charge is 0.306 e. The van der Waals surface area contributed by atoms with Crippen molar-refractivity contribution in [1.29, 1.82) is 0 Å². The van der Waals surface area contributed by atoms with Crippen LogP contribution in [0.3, 0.4) is 0 Å². The molecule has 5 rings (SSSR count). The van der Waals surface area contributed by atoms with Crippen molar-refractivity contribution in [1.82, 2.24) is 5.32 Å². The van der Waals surface area contributed by atoms with Crippen molar-refractivity contribution in [2.24, 2.45) is 16.3 Å². The highest BCUT2D eigenvalue weighted by atomic mass is 15.0. The van der Waals surface area contributed by atoms with Gasteiger partial charge in [0.1, 0.15) is 0 Å². The van der Waals surface area contributed by atoms with Crippen LogP contribution in [-0.4, -0.2) is 18.8 Å². The zero-order valence-electron chi connectivity index (χ0n) is 16.6. The molecule has 1 saturated carbocycles. The Labute approximate surface area is 163 Å². The third kappa shape index (κ3) is 2.77. The highest BCUT2D eigenvalue weighted by Gasteiger charge is 2.51. The average Bonchev–Trinajstić information content (AvgIpc) is 2.70. The standard InChI is InChI=1S/C25H30N2/c1-24(2)13-14-25(21-10-6-4-8-19(21)12-16-27-25)22(17-24)23-20-9-5-3-7-18(20)11-15-26-23/h3-10,22,27H,11-17H2,1-2H3. The molecule has 1 spiro atoms. The third-order valence-corrected chi connectivity index (χ3v) is 7.17. The van der Waals surface area contributed by atoms with E-state index in [0.29, 0.717) is 11.3 Å². The lowest BCUT2D eigenvalue weighted by atomic mass is 9.57. The second kappa shape index (κ2) is 6.31. The number of hydrogen-bond acceptors (Lipinski definition) is 2. The first-order valence-electron chi connectivity index (χ1n) is 10.6. The summed E-state index contributed by atoms with van der Waals surface area (Å²) in [5.41, 5.74) is 7.69. The van der Waals surface area contributed by atoms with Gasteiger partial charge in [-0.2, -0.15) is 0 Å². The maximum absolute atomic E-state index is 5.16. The van der Waals surface area contributed by atoms with Gasteiger partial charge < -0.3 is 5.32 Å². The number of fused-ring (bicyclic) bond motifs is 3. The fourth-order valence-electron chi connectivity index (χ4n) is 5.76. The Hall–Kier alpha value is -1.93. The van der Waals surface area contributed by atoms with Crippen molar-refractivity contribution < 1.29 is 0 Å². The van der Waals surface area contributed by atoms with Crippen molar-refractivity contribution in [3.8, 4) is 0 Å². The molecule has 2 unspecified atom stereocenters. The second-order valence-electron chi connectivity index (χ2n) is 9.40. The first-order valence-corrected chi connectivity index (χ1v) is 10.6. The summed E-state index contributed by atoms with van der Waals surface area (Å²) in [4.78, 5) is 5.16. The summed E-state index contributed by atoms with van der Waals surface area (Å²) in [6.07, 6.45) is 5.87. The quantitative estimate of drug-likeness (QED) is 0.770. The molecule has 2 atom stereocenters. The summed E-state index contributed by atoms with van der Waals surface area (Å²) < 4.78 is 0.